The van der Waals surface area contributed by atoms with Gasteiger partial charge in [0, 0.05) is 5.56 Å². The van der Waals surface area contributed by atoms with Crippen molar-refractivity contribution in [3.05, 3.63) is 107 Å². The third kappa shape index (κ3) is 3.72. The molecule has 0 saturated carbocycles. The number of rotatable bonds is 4. The Bertz CT molecular complexity index is 822. The van der Waals surface area contributed by atoms with Crippen molar-refractivity contribution in [3.8, 4) is 0 Å². The van der Waals surface area contributed by atoms with Crippen molar-refractivity contribution >= 4 is 5.91 Å². The van der Waals surface area contributed by atoms with Gasteiger partial charge < -0.3 is 5.32 Å². The van der Waals surface area contributed by atoms with Gasteiger partial charge in [0.25, 0.3) is 5.91 Å². The molecule has 0 fully saturated rings. The molecule has 120 valence electrons. The summed E-state index contributed by atoms with van der Waals surface area (Å²) in [7, 11) is 0. The number of amides is 1. The number of aryl methyl sites for hydroxylation is 2. The molecule has 0 saturated heterocycles. The predicted octanol–water partition coefficient (Wildman–Crippen LogP) is 4.82. The Morgan fingerprint density at radius 2 is 1.42 bits per heavy atom. The second-order valence-electron chi connectivity index (χ2n) is 6.10. The standard InChI is InChI=1S/C22H21NO/c1-16-11-13-19(14-12-16)21(18-8-4-3-5-9-18)23-22(24)20-10-6-7-17(2)15-20/h3-15,21H,1-2H3,(H,23,24)/t21-/m1/s1. The quantitative estimate of drug-likeness (QED) is 0.734. The maximum atomic E-state index is 12.7. The van der Waals surface area contributed by atoms with Gasteiger partial charge in [0.15, 0.2) is 0 Å². The van der Waals surface area contributed by atoms with Crippen LogP contribution in [0.1, 0.15) is 38.7 Å². The molecule has 2 nitrogen and oxygen atoms in total. The Morgan fingerprint density at radius 3 is 2.08 bits per heavy atom. The first-order valence-corrected chi connectivity index (χ1v) is 8.12. The van der Waals surface area contributed by atoms with Crippen LogP contribution in [0.4, 0.5) is 0 Å². The average Bonchev–Trinajstić information content (AvgIpc) is 2.61. The summed E-state index contributed by atoms with van der Waals surface area (Å²) in [6.07, 6.45) is 0. The summed E-state index contributed by atoms with van der Waals surface area (Å²) in [5.74, 6) is -0.0619. The average molecular weight is 315 g/mol. The van der Waals surface area contributed by atoms with Gasteiger partial charge in [-0.05, 0) is 37.1 Å². The number of benzene rings is 3. The van der Waals surface area contributed by atoms with Gasteiger partial charge in [-0.15, -0.1) is 0 Å². The summed E-state index contributed by atoms with van der Waals surface area (Å²) in [6, 6.07) is 25.8. The van der Waals surface area contributed by atoms with Gasteiger partial charge in [-0.2, -0.15) is 0 Å². The second kappa shape index (κ2) is 7.14. The molecule has 3 aromatic rings. The Labute approximate surface area is 143 Å². The molecule has 0 bridgehead atoms. The topological polar surface area (TPSA) is 29.1 Å². The van der Waals surface area contributed by atoms with Crippen molar-refractivity contribution in [3.63, 3.8) is 0 Å². The molecule has 0 radical (unpaired) electrons. The van der Waals surface area contributed by atoms with E-state index in [-0.39, 0.29) is 11.9 Å². The van der Waals surface area contributed by atoms with Crippen LogP contribution in [-0.4, -0.2) is 5.91 Å². The largest absolute Gasteiger partial charge is 0.341 e. The minimum Gasteiger partial charge on any atom is -0.341 e. The van der Waals surface area contributed by atoms with Crippen LogP contribution >= 0.6 is 0 Å². The maximum absolute atomic E-state index is 12.7. The van der Waals surface area contributed by atoms with Crippen molar-refractivity contribution in [2.45, 2.75) is 19.9 Å². The van der Waals surface area contributed by atoms with Crippen LogP contribution in [0.25, 0.3) is 0 Å². The highest BCUT2D eigenvalue weighted by atomic mass is 16.1. The Kier molecular flexibility index (Phi) is 4.76. The molecule has 2 heteroatoms. The molecule has 0 aromatic heterocycles. The van der Waals surface area contributed by atoms with E-state index in [0.717, 1.165) is 16.7 Å². The zero-order valence-corrected chi connectivity index (χ0v) is 14.0. The van der Waals surface area contributed by atoms with E-state index < -0.39 is 0 Å². The fourth-order valence-corrected chi connectivity index (χ4v) is 2.76. The molecule has 1 N–H and O–H groups in total. The summed E-state index contributed by atoms with van der Waals surface area (Å²) >= 11 is 0. The van der Waals surface area contributed by atoms with Gasteiger partial charge in [-0.25, -0.2) is 0 Å². The van der Waals surface area contributed by atoms with Crippen molar-refractivity contribution < 1.29 is 4.79 Å². The number of carbonyl (C=O) groups excluding carboxylic acids is 1. The van der Waals surface area contributed by atoms with Crippen LogP contribution in [-0.2, 0) is 0 Å². The van der Waals surface area contributed by atoms with E-state index in [0.29, 0.717) is 5.56 Å². The fraction of sp³-hybridized carbons (Fsp3) is 0.136. The van der Waals surface area contributed by atoms with E-state index in [9.17, 15) is 4.79 Å². The van der Waals surface area contributed by atoms with Crippen LogP contribution in [0, 0.1) is 13.8 Å². The van der Waals surface area contributed by atoms with Crippen molar-refractivity contribution in [1.82, 2.24) is 5.32 Å². The Morgan fingerprint density at radius 1 is 0.750 bits per heavy atom. The molecule has 0 aliphatic rings. The minimum absolute atomic E-state index is 0.0619. The summed E-state index contributed by atoms with van der Waals surface area (Å²) in [5.41, 5.74) is 5.11. The van der Waals surface area contributed by atoms with Gasteiger partial charge in [0.05, 0.1) is 6.04 Å². The molecule has 0 aliphatic carbocycles. The number of hydrogen-bond acceptors (Lipinski definition) is 1. The van der Waals surface area contributed by atoms with Crippen LogP contribution in [0.5, 0.6) is 0 Å². The molecule has 0 heterocycles. The van der Waals surface area contributed by atoms with E-state index in [2.05, 4.69) is 36.5 Å². The SMILES string of the molecule is Cc1ccc([C@H](NC(=O)c2cccc(C)c2)c2ccccc2)cc1. The number of nitrogens with one attached hydrogen (secondary N) is 1. The lowest BCUT2D eigenvalue weighted by molar-refractivity contribution is 0.0943. The predicted molar refractivity (Wildman–Crippen MR) is 98.1 cm³/mol. The lowest BCUT2D eigenvalue weighted by atomic mass is 9.97. The van der Waals surface area contributed by atoms with Crippen molar-refractivity contribution in [2.24, 2.45) is 0 Å². The van der Waals surface area contributed by atoms with Gasteiger partial charge in [-0.3, -0.25) is 4.79 Å². The van der Waals surface area contributed by atoms with Gasteiger partial charge in [0.1, 0.15) is 0 Å². The first kappa shape index (κ1) is 16.0. The highest BCUT2D eigenvalue weighted by molar-refractivity contribution is 5.94. The minimum atomic E-state index is -0.167. The highest BCUT2D eigenvalue weighted by Crippen LogP contribution is 2.23. The van der Waals surface area contributed by atoms with E-state index in [1.165, 1.54) is 5.56 Å². The van der Waals surface area contributed by atoms with Gasteiger partial charge >= 0.3 is 0 Å². The molecule has 3 aromatic carbocycles. The van der Waals surface area contributed by atoms with Gasteiger partial charge in [-0.1, -0.05) is 77.9 Å². The van der Waals surface area contributed by atoms with Crippen molar-refractivity contribution in [1.29, 1.82) is 0 Å². The van der Waals surface area contributed by atoms with E-state index in [1.807, 2.05) is 61.5 Å². The second-order valence-corrected chi connectivity index (χ2v) is 6.10. The maximum Gasteiger partial charge on any atom is 0.252 e. The van der Waals surface area contributed by atoms with Crippen LogP contribution in [0.3, 0.4) is 0 Å². The molecule has 1 atom stereocenters. The Hall–Kier alpha value is -2.87. The molecule has 1 amide bonds. The molecule has 0 unspecified atom stereocenters. The van der Waals surface area contributed by atoms with E-state index in [1.54, 1.807) is 0 Å². The summed E-state index contributed by atoms with van der Waals surface area (Å²) in [5, 5.41) is 3.17. The van der Waals surface area contributed by atoms with E-state index in [4.69, 9.17) is 0 Å². The molecule has 0 spiro atoms. The fourth-order valence-electron chi connectivity index (χ4n) is 2.76. The van der Waals surface area contributed by atoms with E-state index >= 15 is 0 Å². The third-order valence-electron chi connectivity index (χ3n) is 4.10. The smallest absolute Gasteiger partial charge is 0.252 e. The van der Waals surface area contributed by atoms with Crippen LogP contribution in [0.15, 0.2) is 78.9 Å². The number of hydrogen-bond donors (Lipinski definition) is 1. The Balaban J connectivity index is 1.93. The van der Waals surface area contributed by atoms with Crippen LogP contribution < -0.4 is 5.32 Å². The molecular weight excluding hydrogens is 294 g/mol. The summed E-state index contributed by atoms with van der Waals surface area (Å²) in [6.45, 7) is 4.05. The van der Waals surface area contributed by atoms with Crippen molar-refractivity contribution in [2.75, 3.05) is 0 Å². The molecule has 24 heavy (non-hydrogen) atoms. The monoisotopic (exact) mass is 315 g/mol. The van der Waals surface area contributed by atoms with Crippen LogP contribution in [0.2, 0.25) is 0 Å². The van der Waals surface area contributed by atoms with Gasteiger partial charge in [0.2, 0.25) is 0 Å². The normalized spacial score (nSPS) is 11.8. The summed E-state index contributed by atoms with van der Waals surface area (Å²) < 4.78 is 0. The zero-order valence-electron chi connectivity index (χ0n) is 14.0. The number of carbonyl (C=O) groups is 1. The lowest BCUT2D eigenvalue weighted by Gasteiger charge is -2.20. The zero-order chi connectivity index (χ0) is 16.9. The first-order valence-electron chi connectivity index (χ1n) is 8.12. The molecule has 0 aliphatic heterocycles. The molecule has 3 rings (SSSR count). The first-order chi connectivity index (χ1) is 11.6. The lowest BCUT2D eigenvalue weighted by Crippen LogP contribution is -2.29. The highest BCUT2D eigenvalue weighted by Gasteiger charge is 2.17. The molecular formula is C22H21NO. The summed E-state index contributed by atoms with van der Waals surface area (Å²) in [4.78, 5) is 12.7. The third-order valence-corrected chi connectivity index (χ3v) is 4.10.